The van der Waals surface area contributed by atoms with Gasteiger partial charge in [-0.15, -0.1) is 0 Å². The molecule has 1 saturated heterocycles. The van der Waals surface area contributed by atoms with Crippen molar-refractivity contribution in [3.63, 3.8) is 0 Å². The maximum absolute atomic E-state index is 11.9. The van der Waals surface area contributed by atoms with Gasteiger partial charge in [-0.25, -0.2) is 0 Å². The molecule has 1 aliphatic rings. The smallest absolute Gasteiger partial charge is 0.220 e. The minimum Gasteiger partial charge on any atom is -0.497 e. The van der Waals surface area contributed by atoms with E-state index in [1.807, 2.05) is 24.3 Å². The second-order valence-electron chi connectivity index (χ2n) is 5.74. The van der Waals surface area contributed by atoms with Crippen LogP contribution >= 0.6 is 0 Å². The van der Waals surface area contributed by atoms with Crippen LogP contribution in [-0.4, -0.2) is 43.6 Å². The number of carbonyl (C=O) groups is 1. The highest BCUT2D eigenvalue weighted by Gasteiger charge is 2.18. The number of carbonyl (C=O) groups excluding carboxylic acids is 1. The van der Waals surface area contributed by atoms with Gasteiger partial charge < -0.3 is 10.1 Å². The van der Waals surface area contributed by atoms with Crippen molar-refractivity contribution in [1.29, 1.82) is 0 Å². The second kappa shape index (κ2) is 8.03. The summed E-state index contributed by atoms with van der Waals surface area (Å²) in [7, 11) is 1.66. The summed E-state index contributed by atoms with van der Waals surface area (Å²) in [4.78, 5) is 14.4. The fourth-order valence-corrected chi connectivity index (χ4v) is 2.71. The fraction of sp³-hybridized carbons (Fsp3) is 0.588. The molecular formula is C17H26N2O2. The average Bonchev–Trinajstić information content (AvgIpc) is 3.05. The predicted octanol–water partition coefficient (Wildman–Crippen LogP) is 2.23. The summed E-state index contributed by atoms with van der Waals surface area (Å²) in [6, 6.07) is 8.33. The highest BCUT2D eigenvalue weighted by molar-refractivity contribution is 5.76. The predicted molar refractivity (Wildman–Crippen MR) is 84.6 cm³/mol. The van der Waals surface area contributed by atoms with Gasteiger partial charge >= 0.3 is 0 Å². The summed E-state index contributed by atoms with van der Waals surface area (Å²) in [5.74, 6) is 0.986. The van der Waals surface area contributed by atoms with E-state index in [2.05, 4.69) is 17.1 Å². The van der Waals surface area contributed by atoms with E-state index in [0.717, 1.165) is 18.7 Å². The molecule has 0 aliphatic carbocycles. The largest absolute Gasteiger partial charge is 0.497 e. The summed E-state index contributed by atoms with van der Waals surface area (Å²) >= 11 is 0. The Bertz CT molecular complexity index is 439. The van der Waals surface area contributed by atoms with Crippen LogP contribution in [0.1, 0.15) is 31.7 Å². The van der Waals surface area contributed by atoms with Crippen LogP contribution in [0.4, 0.5) is 0 Å². The van der Waals surface area contributed by atoms with Crippen LogP contribution in [0.3, 0.4) is 0 Å². The van der Waals surface area contributed by atoms with E-state index < -0.39 is 0 Å². The van der Waals surface area contributed by atoms with E-state index in [4.69, 9.17) is 4.74 Å². The minimum absolute atomic E-state index is 0.136. The summed E-state index contributed by atoms with van der Waals surface area (Å²) in [5.41, 5.74) is 1.17. The standard InChI is InChI=1S/C17H26N2O2/c1-14(19-11-3-4-12-19)13-18-17(20)10-7-15-5-8-16(21-2)9-6-15/h5-6,8-9,14H,3-4,7,10-13H2,1-2H3,(H,18,20). The first-order valence-corrected chi connectivity index (χ1v) is 7.82. The van der Waals surface area contributed by atoms with E-state index in [1.54, 1.807) is 7.11 Å². The first-order chi connectivity index (χ1) is 10.2. The first kappa shape index (κ1) is 15.8. The van der Waals surface area contributed by atoms with Crippen LogP contribution in [0.5, 0.6) is 5.75 Å². The molecule has 2 rings (SSSR count). The lowest BCUT2D eigenvalue weighted by molar-refractivity contribution is -0.121. The third kappa shape index (κ3) is 5.05. The van der Waals surface area contributed by atoms with Gasteiger partial charge in [-0.3, -0.25) is 9.69 Å². The molecule has 0 aromatic heterocycles. The number of hydrogen-bond donors (Lipinski definition) is 1. The number of nitrogens with zero attached hydrogens (tertiary/aromatic N) is 1. The maximum atomic E-state index is 11.9. The molecule has 1 aromatic rings. The molecule has 1 amide bonds. The van der Waals surface area contributed by atoms with Crippen LogP contribution in [0, 0.1) is 0 Å². The molecule has 4 nitrogen and oxygen atoms in total. The third-order valence-corrected chi connectivity index (χ3v) is 4.16. The van der Waals surface area contributed by atoms with E-state index >= 15 is 0 Å². The van der Waals surface area contributed by atoms with Crippen LogP contribution in [-0.2, 0) is 11.2 Å². The van der Waals surface area contributed by atoms with Crippen molar-refractivity contribution in [2.45, 2.75) is 38.6 Å². The lowest BCUT2D eigenvalue weighted by Gasteiger charge is -2.23. The van der Waals surface area contributed by atoms with Crippen molar-refractivity contribution < 1.29 is 9.53 Å². The number of ether oxygens (including phenoxy) is 1. The summed E-state index contributed by atoms with van der Waals surface area (Å²) in [5, 5.41) is 3.05. The Labute approximate surface area is 127 Å². The Hall–Kier alpha value is -1.55. The molecule has 116 valence electrons. The zero-order valence-electron chi connectivity index (χ0n) is 13.1. The number of rotatable bonds is 7. The molecule has 1 N–H and O–H groups in total. The van der Waals surface area contributed by atoms with Gasteiger partial charge in [0.1, 0.15) is 5.75 Å². The number of benzene rings is 1. The van der Waals surface area contributed by atoms with Crippen LogP contribution in [0.25, 0.3) is 0 Å². The average molecular weight is 290 g/mol. The van der Waals surface area contributed by atoms with Crippen molar-refractivity contribution in [1.82, 2.24) is 10.2 Å². The second-order valence-corrected chi connectivity index (χ2v) is 5.74. The van der Waals surface area contributed by atoms with Gasteiger partial charge in [0, 0.05) is 19.0 Å². The third-order valence-electron chi connectivity index (χ3n) is 4.16. The molecule has 1 aromatic carbocycles. The van der Waals surface area contributed by atoms with Gasteiger partial charge in [-0.2, -0.15) is 0 Å². The lowest BCUT2D eigenvalue weighted by atomic mass is 10.1. The van der Waals surface area contributed by atoms with E-state index in [-0.39, 0.29) is 5.91 Å². The van der Waals surface area contributed by atoms with Gasteiger partial charge in [0.05, 0.1) is 7.11 Å². The van der Waals surface area contributed by atoms with Gasteiger partial charge in [-0.1, -0.05) is 12.1 Å². The van der Waals surface area contributed by atoms with Gasteiger partial charge in [0.25, 0.3) is 0 Å². The van der Waals surface area contributed by atoms with Crippen molar-refractivity contribution in [2.24, 2.45) is 0 Å². The minimum atomic E-state index is 0.136. The molecule has 0 radical (unpaired) electrons. The Morgan fingerprint density at radius 2 is 1.95 bits per heavy atom. The molecule has 0 spiro atoms. The molecule has 1 heterocycles. The van der Waals surface area contributed by atoms with Gasteiger partial charge in [-0.05, 0) is 57.0 Å². The number of methoxy groups -OCH3 is 1. The normalized spacial score (nSPS) is 16.7. The Kier molecular flexibility index (Phi) is 6.05. The Balaban J connectivity index is 1.66. The maximum Gasteiger partial charge on any atom is 0.220 e. The molecule has 4 heteroatoms. The molecular weight excluding hydrogens is 264 g/mol. The van der Waals surface area contributed by atoms with E-state index in [1.165, 1.54) is 31.5 Å². The SMILES string of the molecule is COc1ccc(CCC(=O)NCC(C)N2CCCC2)cc1. The zero-order valence-corrected chi connectivity index (χ0v) is 13.1. The lowest BCUT2D eigenvalue weighted by Crippen LogP contribution is -2.40. The van der Waals surface area contributed by atoms with Crippen LogP contribution in [0.2, 0.25) is 0 Å². The molecule has 0 saturated carbocycles. The number of hydrogen-bond acceptors (Lipinski definition) is 3. The topological polar surface area (TPSA) is 41.6 Å². The van der Waals surface area contributed by atoms with Crippen molar-refractivity contribution in [3.8, 4) is 5.75 Å². The quantitative estimate of drug-likeness (QED) is 0.837. The molecule has 0 bridgehead atoms. The van der Waals surface area contributed by atoms with E-state index in [0.29, 0.717) is 12.5 Å². The monoisotopic (exact) mass is 290 g/mol. The van der Waals surface area contributed by atoms with Crippen molar-refractivity contribution in [3.05, 3.63) is 29.8 Å². The zero-order chi connectivity index (χ0) is 15.1. The highest BCUT2D eigenvalue weighted by Crippen LogP contribution is 2.13. The van der Waals surface area contributed by atoms with E-state index in [9.17, 15) is 4.79 Å². The molecule has 21 heavy (non-hydrogen) atoms. The van der Waals surface area contributed by atoms with Gasteiger partial charge in [0.15, 0.2) is 0 Å². The Morgan fingerprint density at radius 1 is 1.29 bits per heavy atom. The summed E-state index contributed by atoms with van der Waals surface area (Å²) in [6.45, 7) is 5.28. The summed E-state index contributed by atoms with van der Waals surface area (Å²) < 4.78 is 5.12. The number of aryl methyl sites for hydroxylation is 1. The first-order valence-electron chi connectivity index (χ1n) is 7.82. The molecule has 1 fully saturated rings. The molecule has 1 unspecified atom stereocenters. The molecule has 1 atom stereocenters. The van der Waals surface area contributed by atoms with Crippen molar-refractivity contribution >= 4 is 5.91 Å². The van der Waals surface area contributed by atoms with Crippen LogP contribution in [0.15, 0.2) is 24.3 Å². The Morgan fingerprint density at radius 3 is 2.57 bits per heavy atom. The highest BCUT2D eigenvalue weighted by atomic mass is 16.5. The number of nitrogens with one attached hydrogen (secondary N) is 1. The van der Waals surface area contributed by atoms with Crippen LogP contribution < -0.4 is 10.1 Å². The number of amides is 1. The van der Waals surface area contributed by atoms with Crippen molar-refractivity contribution in [2.75, 3.05) is 26.7 Å². The number of likely N-dealkylation sites (tertiary alicyclic amines) is 1. The summed E-state index contributed by atoms with van der Waals surface area (Å²) in [6.07, 6.45) is 3.89. The van der Waals surface area contributed by atoms with Gasteiger partial charge in [0.2, 0.25) is 5.91 Å². The fourth-order valence-electron chi connectivity index (χ4n) is 2.71. The molecule has 1 aliphatic heterocycles.